The van der Waals surface area contributed by atoms with E-state index in [1.54, 1.807) is 25.1 Å². The molecule has 2 aromatic rings. The Morgan fingerprint density at radius 2 is 2.00 bits per heavy atom. The van der Waals surface area contributed by atoms with Crippen LogP contribution in [-0.4, -0.2) is 35.0 Å². The maximum absolute atomic E-state index is 12.5. The molecule has 1 aromatic heterocycles. The second-order valence-corrected chi connectivity index (χ2v) is 6.02. The normalized spacial score (nSPS) is 23.4. The highest BCUT2D eigenvalue weighted by Gasteiger charge is 2.46. The molecule has 0 bridgehead atoms. The molecular formula is C16H15NO4. The second kappa shape index (κ2) is 4.10. The molecule has 1 aromatic carbocycles. The fourth-order valence-corrected chi connectivity index (χ4v) is 3.37. The van der Waals surface area contributed by atoms with Crippen LogP contribution >= 0.6 is 0 Å². The van der Waals surface area contributed by atoms with Crippen LogP contribution in [-0.2, 0) is 0 Å². The van der Waals surface area contributed by atoms with Gasteiger partial charge in [-0.05, 0) is 43.4 Å². The standard InChI is InChI=1S/C16H15NO4/c1-8-14(16(19)20)12-5-9(2-3-13(12)21-8)15(18)17-6-10-4-11(10)7-17/h2-3,5,10-11H,4,6-7H2,1H3,(H,19,20). The lowest BCUT2D eigenvalue weighted by molar-refractivity contribution is 0.0695. The van der Waals surface area contributed by atoms with Crippen LogP contribution in [0.2, 0.25) is 0 Å². The minimum atomic E-state index is -1.03. The molecule has 2 atom stereocenters. The molecule has 21 heavy (non-hydrogen) atoms. The molecule has 1 saturated heterocycles. The van der Waals surface area contributed by atoms with Crippen LogP contribution in [0.1, 0.15) is 32.9 Å². The number of carbonyl (C=O) groups is 2. The number of aryl methyl sites for hydroxylation is 1. The van der Waals surface area contributed by atoms with Crippen molar-refractivity contribution in [3.8, 4) is 0 Å². The molecule has 108 valence electrons. The van der Waals surface area contributed by atoms with E-state index in [9.17, 15) is 14.7 Å². The fraction of sp³-hybridized carbons (Fsp3) is 0.375. The summed E-state index contributed by atoms with van der Waals surface area (Å²) in [6, 6.07) is 5.03. The quantitative estimate of drug-likeness (QED) is 0.920. The number of amides is 1. The highest BCUT2D eigenvalue weighted by molar-refractivity contribution is 6.06. The SMILES string of the molecule is Cc1oc2ccc(C(=O)N3CC4CC4C3)cc2c1C(=O)O. The van der Waals surface area contributed by atoms with Crippen LogP contribution in [0.3, 0.4) is 0 Å². The Morgan fingerprint density at radius 3 is 2.67 bits per heavy atom. The third kappa shape index (κ3) is 1.84. The molecule has 4 rings (SSSR count). The van der Waals surface area contributed by atoms with Crippen molar-refractivity contribution in [1.82, 2.24) is 4.90 Å². The minimum absolute atomic E-state index is 0.0145. The van der Waals surface area contributed by atoms with Gasteiger partial charge in [-0.25, -0.2) is 4.79 Å². The number of aromatic carboxylic acids is 1. The third-order valence-electron chi connectivity index (χ3n) is 4.59. The van der Waals surface area contributed by atoms with Crippen LogP contribution in [0.4, 0.5) is 0 Å². The summed E-state index contributed by atoms with van der Waals surface area (Å²) in [7, 11) is 0. The van der Waals surface area contributed by atoms with E-state index in [-0.39, 0.29) is 11.5 Å². The summed E-state index contributed by atoms with van der Waals surface area (Å²) < 4.78 is 5.44. The van der Waals surface area contributed by atoms with Crippen molar-refractivity contribution in [3.63, 3.8) is 0 Å². The molecule has 1 N–H and O–H groups in total. The molecule has 5 heteroatoms. The highest BCUT2D eigenvalue weighted by atomic mass is 16.4. The van der Waals surface area contributed by atoms with E-state index in [0.29, 0.717) is 34.1 Å². The maximum atomic E-state index is 12.5. The largest absolute Gasteiger partial charge is 0.478 e. The van der Waals surface area contributed by atoms with Crippen molar-refractivity contribution in [3.05, 3.63) is 35.1 Å². The zero-order valence-corrected chi connectivity index (χ0v) is 11.6. The number of likely N-dealkylation sites (tertiary alicyclic amines) is 1. The maximum Gasteiger partial charge on any atom is 0.339 e. The Bertz CT molecular complexity index is 766. The smallest absolute Gasteiger partial charge is 0.339 e. The van der Waals surface area contributed by atoms with Gasteiger partial charge in [-0.1, -0.05) is 0 Å². The number of rotatable bonds is 2. The van der Waals surface area contributed by atoms with Crippen LogP contribution in [0.5, 0.6) is 0 Å². The highest BCUT2D eigenvalue weighted by Crippen LogP contribution is 2.45. The summed E-state index contributed by atoms with van der Waals surface area (Å²) in [5, 5.41) is 9.77. The number of carboxylic acid groups (broad SMARTS) is 1. The van der Waals surface area contributed by atoms with Crippen molar-refractivity contribution in [2.45, 2.75) is 13.3 Å². The number of carbonyl (C=O) groups excluding carboxylic acids is 1. The molecule has 5 nitrogen and oxygen atoms in total. The van der Waals surface area contributed by atoms with Gasteiger partial charge in [-0.15, -0.1) is 0 Å². The zero-order chi connectivity index (χ0) is 14.7. The molecular weight excluding hydrogens is 270 g/mol. The lowest BCUT2D eigenvalue weighted by Crippen LogP contribution is -2.30. The Morgan fingerprint density at radius 1 is 1.29 bits per heavy atom. The number of hydrogen-bond donors (Lipinski definition) is 1. The van der Waals surface area contributed by atoms with Crippen LogP contribution in [0.15, 0.2) is 22.6 Å². The van der Waals surface area contributed by atoms with E-state index in [1.807, 2.05) is 4.90 Å². The molecule has 2 unspecified atom stereocenters. The Kier molecular flexibility index (Phi) is 2.43. The van der Waals surface area contributed by atoms with Gasteiger partial charge in [0.1, 0.15) is 16.9 Å². The van der Waals surface area contributed by atoms with Crippen molar-refractivity contribution in [1.29, 1.82) is 0 Å². The first kappa shape index (κ1) is 12.4. The van der Waals surface area contributed by atoms with Gasteiger partial charge >= 0.3 is 5.97 Å². The van der Waals surface area contributed by atoms with Gasteiger partial charge in [-0.3, -0.25) is 4.79 Å². The lowest BCUT2D eigenvalue weighted by Gasteiger charge is -2.17. The molecule has 2 fully saturated rings. The summed E-state index contributed by atoms with van der Waals surface area (Å²) in [6.45, 7) is 3.29. The van der Waals surface area contributed by atoms with E-state index < -0.39 is 5.97 Å². The monoisotopic (exact) mass is 285 g/mol. The predicted octanol–water partition coefficient (Wildman–Crippen LogP) is 2.53. The topological polar surface area (TPSA) is 70.8 Å². The second-order valence-electron chi connectivity index (χ2n) is 6.02. The summed E-state index contributed by atoms with van der Waals surface area (Å²) >= 11 is 0. The molecule has 2 heterocycles. The fourth-order valence-electron chi connectivity index (χ4n) is 3.37. The number of benzene rings is 1. The Labute approximate surface area is 121 Å². The van der Waals surface area contributed by atoms with Gasteiger partial charge < -0.3 is 14.4 Å². The van der Waals surface area contributed by atoms with Gasteiger partial charge in [0.05, 0.1) is 0 Å². The first-order valence-electron chi connectivity index (χ1n) is 7.10. The minimum Gasteiger partial charge on any atom is -0.478 e. The van der Waals surface area contributed by atoms with E-state index in [2.05, 4.69) is 0 Å². The predicted molar refractivity (Wildman–Crippen MR) is 75.4 cm³/mol. The Balaban J connectivity index is 1.74. The third-order valence-corrected chi connectivity index (χ3v) is 4.59. The van der Waals surface area contributed by atoms with Crippen molar-refractivity contribution in [2.24, 2.45) is 11.8 Å². The molecule has 0 radical (unpaired) electrons. The summed E-state index contributed by atoms with van der Waals surface area (Å²) in [5.41, 5.74) is 1.18. The molecule has 2 aliphatic rings. The van der Waals surface area contributed by atoms with Gasteiger partial charge in [0.2, 0.25) is 0 Å². The molecule has 0 spiro atoms. The number of hydrogen-bond acceptors (Lipinski definition) is 3. The number of piperidine rings is 1. The van der Waals surface area contributed by atoms with Crippen molar-refractivity contribution < 1.29 is 19.1 Å². The number of fused-ring (bicyclic) bond motifs is 2. The van der Waals surface area contributed by atoms with E-state index in [0.717, 1.165) is 13.1 Å². The Hall–Kier alpha value is -2.30. The molecule has 1 aliphatic carbocycles. The van der Waals surface area contributed by atoms with Crippen molar-refractivity contribution in [2.75, 3.05) is 13.1 Å². The first-order valence-corrected chi connectivity index (χ1v) is 7.10. The first-order chi connectivity index (χ1) is 10.0. The zero-order valence-electron chi connectivity index (χ0n) is 11.6. The van der Waals surface area contributed by atoms with Gasteiger partial charge in [0.15, 0.2) is 0 Å². The van der Waals surface area contributed by atoms with Crippen LogP contribution in [0, 0.1) is 18.8 Å². The summed E-state index contributed by atoms with van der Waals surface area (Å²) in [6.07, 6.45) is 1.24. The average molecular weight is 285 g/mol. The number of nitrogens with zero attached hydrogens (tertiary/aromatic N) is 1. The van der Waals surface area contributed by atoms with Crippen LogP contribution < -0.4 is 0 Å². The van der Waals surface area contributed by atoms with Crippen LogP contribution in [0.25, 0.3) is 11.0 Å². The van der Waals surface area contributed by atoms with E-state index in [4.69, 9.17) is 4.42 Å². The van der Waals surface area contributed by atoms with Crippen molar-refractivity contribution >= 4 is 22.8 Å². The average Bonchev–Trinajstić information content (AvgIpc) is 2.91. The van der Waals surface area contributed by atoms with E-state index in [1.165, 1.54) is 6.42 Å². The molecule has 1 amide bonds. The molecule has 1 saturated carbocycles. The molecule has 1 aliphatic heterocycles. The van der Waals surface area contributed by atoms with Gasteiger partial charge in [0, 0.05) is 24.0 Å². The summed E-state index contributed by atoms with van der Waals surface area (Å²) in [4.78, 5) is 25.7. The summed E-state index contributed by atoms with van der Waals surface area (Å²) in [5.74, 6) is 0.689. The number of carboxylic acids is 1. The lowest BCUT2D eigenvalue weighted by atomic mass is 10.1. The van der Waals surface area contributed by atoms with E-state index >= 15 is 0 Å². The van der Waals surface area contributed by atoms with Gasteiger partial charge in [0.25, 0.3) is 5.91 Å². The van der Waals surface area contributed by atoms with Gasteiger partial charge in [-0.2, -0.15) is 0 Å². The number of furan rings is 1.